The molecule has 2 fully saturated rings. The molecule has 0 radical (unpaired) electrons. The number of piperidine rings is 1. The van der Waals surface area contributed by atoms with Gasteiger partial charge in [0.15, 0.2) is 0 Å². The zero-order valence-corrected chi connectivity index (χ0v) is 13.1. The first-order valence-corrected chi connectivity index (χ1v) is 8.64. The van der Waals surface area contributed by atoms with Gasteiger partial charge in [-0.3, -0.25) is 4.79 Å². The molecule has 1 aromatic rings. The van der Waals surface area contributed by atoms with Crippen LogP contribution in [0.3, 0.4) is 0 Å². The third-order valence-electron chi connectivity index (χ3n) is 5.56. The first-order chi connectivity index (χ1) is 10.8. The van der Waals surface area contributed by atoms with E-state index in [1.54, 1.807) is 0 Å². The van der Waals surface area contributed by atoms with Crippen molar-refractivity contribution >= 4 is 5.91 Å². The second kappa shape index (κ2) is 6.01. The van der Waals surface area contributed by atoms with Gasteiger partial charge in [0.25, 0.3) is 0 Å². The van der Waals surface area contributed by atoms with E-state index in [2.05, 4.69) is 39.8 Å². The maximum absolute atomic E-state index is 12.6. The first kappa shape index (κ1) is 14.2. The van der Waals surface area contributed by atoms with E-state index in [4.69, 9.17) is 0 Å². The quantitative estimate of drug-likeness (QED) is 0.868. The molecule has 4 nitrogen and oxygen atoms in total. The molecule has 3 unspecified atom stereocenters. The van der Waals surface area contributed by atoms with Crippen molar-refractivity contribution in [2.24, 2.45) is 0 Å². The van der Waals surface area contributed by atoms with E-state index in [1.807, 2.05) is 0 Å². The smallest absolute Gasteiger partial charge is 0.237 e. The van der Waals surface area contributed by atoms with Gasteiger partial charge in [-0.1, -0.05) is 24.3 Å². The van der Waals surface area contributed by atoms with E-state index in [9.17, 15) is 4.79 Å². The number of nitrogens with zero attached hydrogens (tertiary/aromatic N) is 1. The molecule has 1 aromatic carbocycles. The maximum atomic E-state index is 12.6. The predicted molar refractivity (Wildman–Crippen MR) is 86.5 cm³/mol. The van der Waals surface area contributed by atoms with E-state index in [0.717, 1.165) is 32.4 Å². The summed E-state index contributed by atoms with van der Waals surface area (Å²) in [5.41, 5.74) is 2.64. The Balaban J connectivity index is 1.35. The van der Waals surface area contributed by atoms with Crippen molar-refractivity contribution < 1.29 is 4.79 Å². The summed E-state index contributed by atoms with van der Waals surface area (Å²) in [5.74, 6) is 0.186. The van der Waals surface area contributed by atoms with E-state index in [0.29, 0.717) is 12.1 Å². The van der Waals surface area contributed by atoms with Crippen LogP contribution in [0.4, 0.5) is 0 Å². The number of carbonyl (C=O) groups excluding carboxylic acids is 1. The van der Waals surface area contributed by atoms with E-state index in [-0.39, 0.29) is 11.9 Å². The highest BCUT2D eigenvalue weighted by Crippen LogP contribution is 2.27. The van der Waals surface area contributed by atoms with Gasteiger partial charge in [0.05, 0.1) is 6.04 Å². The van der Waals surface area contributed by atoms with Crippen molar-refractivity contribution in [3.8, 4) is 0 Å². The molecule has 3 heterocycles. The summed E-state index contributed by atoms with van der Waals surface area (Å²) in [6, 6.07) is 9.42. The van der Waals surface area contributed by atoms with Crippen LogP contribution >= 0.6 is 0 Å². The van der Waals surface area contributed by atoms with Crippen LogP contribution in [0.15, 0.2) is 24.3 Å². The minimum atomic E-state index is -0.0727. The molecule has 0 aromatic heterocycles. The second-order valence-corrected chi connectivity index (χ2v) is 6.97. The van der Waals surface area contributed by atoms with Gasteiger partial charge < -0.3 is 15.5 Å². The van der Waals surface area contributed by atoms with Gasteiger partial charge in [-0.05, 0) is 49.8 Å². The van der Waals surface area contributed by atoms with Gasteiger partial charge in [-0.2, -0.15) is 0 Å². The molecule has 3 aliphatic rings. The van der Waals surface area contributed by atoms with Crippen molar-refractivity contribution in [2.45, 2.75) is 56.8 Å². The maximum Gasteiger partial charge on any atom is 0.237 e. The molecule has 118 valence electrons. The zero-order chi connectivity index (χ0) is 14.9. The van der Waals surface area contributed by atoms with Gasteiger partial charge in [0.1, 0.15) is 0 Å². The monoisotopic (exact) mass is 299 g/mol. The standard InChI is InChI=1S/C18H25N3O/c22-18(17-10-13-4-1-2-5-14(13)12-19-17)20-15-7-9-21-8-3-6-16(21)11-15/h1-2,4-5,15-17,19H,3,6-12H2,(H,20,22). The van der Waals surface area contributed by atoms with Crippen molar-refractivity contribution in [3.05, 3.63) is 35.4 Å². The number of carbonyl (C=O) groups is 1. The fourth-order valence-electron chi connectivity index (χ4n) is 4.30. The van der Waals surface area contributed by atoms with Crippen LogP contribution in [-0.2, 0) is 17.8 Å². The van der Waals surface area contributed by atoms with E-state index >= 15 is 0 Å². The zero-order valence-electron chi connectivity index (χ0n) is 13.1. The SMILES string of the molecule is O=C(NC1CCN2CCCC2C1)C1Cc2ccccc2CN1. The van der Waals surface area contributed by atoms with Crippen LogP contribution in [-0.4, -0.2) is 42.0 Å². The molecular weight excluding hydrogens is 274 g/mol. The molecule has 3 atom stereocenters. The van der Waals surface area contributed by atoms with Crippen LogP contribution in [0.2, 0.25) is 0 Å². The molecule has 4 rings (SSSR count). The molecule has 0 spiro atoms. The lowest BCUT2D eigenvalue weighted by molar-refractivity contribution is -0.124. The van der Waals surface area contributed by atoms with E-state index < -0.39 is 0 Å². The molecule has 1 amide bonds. The van der Waals surface area contributed by atoms with Crippen LogP contribution < -0.4 is 10.6 Å². The van der Waals surface area contributed by atoms with E-state index in [1.165, 1.54) is 30.5 Å². The number of hydrogen-bond acceptors (Lipinski definition) is 3. The molecule has 4 heteroatoms. The Morgan fingerprint density at radius 3 is 2.95 bits per heavy atom. The number of hydrogen-bond donors (Lipinski definition) is 2. The molecule has 0 saturated carbocycles. The average Bonchev–Trinajstić information content (AvgIpc) is 3.02. The number of fused-ring (bicyclic) bond motifs is 2. The highest BCUT2D eigenvalue weighted by Gasteiger charge is 2.33. The summed E-state index contributed by atoms with van der Waals surface area (Å²) in [6.07, 6.45) is 5.68. The third kappa shape index (κ3) is 2.77. The van der Waals surface area contributed by atoms with Crippen LogP contribution in [0.5, 0.6) is 0 Å². The Labute approximate surface area is 132 Å². The Morgan fingerprint density at radius 1 is 1.18 bits per heavy atom. The topological polar surface area (TPSA) is 44.4 Å². The number of rotatable bonds is 2. The Bertz CT molecular complexity index is 559. The fraction of sp³-hybridized carbons (Fsp3) is 0.611. The minimum Gasteiger partial charge on any atom is -0.352 e. The second-order valence-electron chi connectivity index (χ2n) is 6.97. The van der Waals surface area contributed by atoms with Crippen LogP contribution in [0, 0.1) is 0 Å². The van der Waals surface area contributed by atoms with Crippen molar-refractivity contribution in [2.75, 3.05) is 13.1 Å². The van der Waals surface area contributed by atoms with Crippen LogP contribution in [0.1, 0.15) is 36.8 Å². The summed E-state index contributed by atoms with van der Waals surface area (Å²) in [5, 5.41) is 6.69. The summed E-state index contributed by atoms with van der Waals surface area (Å²) < 4.78 is 0. The summed E-state index contributed by atoms with van der Waals surface area (Å²) in [7, 11) is 0. The van der Waals surface area contributed by atoms with Gasteiger partial charge in [0, 0.05) is 25.2 Å². The lowest BCUT2D eigenvalue weighted by Crippen LogP contribution is -2.53. The highest BCUT2D eigenvalue weighted by atomic mass is 16.2. The Hall–Kier alpha value is -1.39. The first-order valence-electron chi connectivity index (χ1n) is 8.64. The van der Waals surface area contributed by atoms with Gasteiger partial charge in [0.2, 0.25) is 5.91 Å². The van der Waals surface area contributed by atoms with Gasteiger partial charge in [-0.25, -0.2) is 0 Å². The largest absolute Gasteiger partial charge is 0.352 e. The lowest BCUT2D eigenvalue weighted by atomic mass is 9.94. The molecular formula is C18H25N3O. The van der Waals surface area contributed by atoms with Crippen molar-refractivity contribution in [1.29, 1.82) is 0 Å². The summed E-state index contributed by atoms with van der Waals surface area (Å²) >= 11 is 0. The predicted octanol–water partition coefficient (Wildman–Crippen LogP) is 1.44. The fourth-order valence-corrected chi connectivity index (χ4v) is 4.30. The minimum absolute atomic E-state index is 0.0727. The van der Waals surface area contributed by atoms with Gasteiger partial charge in [-0.15, -0.1) is 0 Å². The van der Waals surface area contributed by atoms with Crippen molar-refractivity contribution in [1.82, 2.24) is 15.5 Å². The summed E-state index contributed by atoms with van der Waals surface area (Å²) in [6.45, 7) is 3.21. The van der Waals surface area contributed by atoms with Crippen molar-refractivity contribution in [3.63, 3.8) is 0 Å². The number of benzene rings is 1. The molecule has 0 bridgehead atoms. The van der Waals surface area contributed by atoms with Crippen LogP contribution in [0.25, 0.3) is 0 Å². The Kier molecular flexibility index (Phi) is 3.89. The number of amides is 1. The normalized spacial score (nSPS) is 31.4. The molecule has 22 heavy (non-hydrogen) atoms. The molecule has 0 aliphatic carbocycles. The third-order valence-corrected chi connectivity index (χ3v) is 5.56. The average molecular weight is 299 g/mol. The molecule has 3 aliphatic heterocycles. The molecule has 2 saturated heterocycles. The Morgan fingerprint density at radius 2 is 2.05 bits per heavy atom. The molecule has 2 N–H and O–H groups in total. The highest BCUT2D eigenvalue weighted by molar-refractivity contribution is 5.82. The summed E-state index contributed by atoms with van der Waals surface area (Å²) in [4.78, 5) is 15.2. The van der Waals surface area contributed by atoms with Gasteiger partial charge >= 0.3 is 0 Å². The number of nitrogens with one attached hydrogen (secondary N) is 2. The lowest BCUT2D eigenvalue weighted by Gasteiger charge is -2.36.